The van der Waals surface area contributed by atoms with Crippen LogP contribution in [0, 0.1) is 17.6 Å². The molecule has 1 N–H and O–H groups in total. The van der Waals surface area contributed by atoms with Gasteiger partial charge in [-0.3, -0.25) is 4.79 Å². The van der Waals surface area contributed by atoms with Gasteiger partial charge in [-0.2, -0.15) is 0 Å². The number of amides is 1. The van der Waals surface area contributed by atoms with Crippen molar-refractivity contribution in [3.8, 4) is 0 Å². The molecular weight excluding hydrogens is 298 g/mol. The van der Waals surface area contributed by atoms with Crippen LogP contribution in [-0.4, -0.2) is 19.5 Å². The van der Waals surface area contributed by atoms with E-state index in [9.17, 15) is 13.6 Å². The minimum atomic E-state index is -0.379. The van der Waals surface area contributed by atoms with Gasteiger partial charge in [-0.25, -0.2) is 8.78 Å². The first-order valence-corrected chi connectivity index (χ1v) is 7.48. The standard InChI is InChI=1S/C18H20F2N2O/c1-13(11-21-2)18(23)22(16-9-7-15(19)8-10-16)12-14-5-3-4-6-17(14)20/h3-10,13,21H,11-12H2,1-2H3. The summed E-state index contributed by atoms with van der Waals surface area (Å²) in [5.74, 6) is -1.17. The van der Waals surface area contributed by atoms with Crippen LogP contribution >= 0.6 is 0 Å². The van der Waals surface area contributed by atoms with Gasteiger partial charge in [0.05, 0.1) is 6.54 Å². The quantitative estimate of drug-likeness (QED) is 0.886. The van der Waals surface area contributed by atoms with Crippen molar-refractivity contribution in [2.24, 2.45) is 5.92 Å². The van der Waals surface area contributed by atoms with Gasteiger partial charge in [-0.15, -0.1) is 0 Å². The Morgan fingerprint density at radius 3 is 2.39 bits per heavy atom. The van der Waals surface area contributed by atoms with Crippen LogP contribution in [0.3, 0.4) is 0 Å². The Bertz CT molecular complexity index is 658. The molecule has 0 bridgehead atoms. The first-order chi connectivity index (χ1) is 11.0. The molecule has 0 heterocycles. The molecule has 1 atom stereocenters. The van der Waals surface area contributed by atoms with Crippen LogP contribution in [0.25, 0.3) is 0 Å². The monoisotopic (exact) mass is 318 g/mol. The number of halogens is 2. The highest BCUT2D eigenvalue weighted by Gasteiger charge is 2.22. The Morgan fingerprint density at radius 1 is 1.13 bits per heavy atom. The second-order valence-electron chi connectivity index (χ2n) is 5.45. The van der Waals surface area contributed by atoms with E-state index in [1.807, 2.05) is 0 Å². The molecule has 3 nitrogen and oxygen atoms in total. The molecule has 0 saturated heterocycles. The zero-order valence-electron chi connectivity index (χ0n) is 13.2. The highest BCUT2D eigenvalue weighted by Crippen LogP contribution is 2.21. The zero-order valence-corrected chi connectivity index (χ0v) is 13.2. The Morgan fingerprint density at radius 2 is 1.78 bits per heavy atom. The van der Waals surface area contributed by atoms with Crippen molar-refractivity contribution < 1.29 is 13.6 Å². The number of hydrogen-bond donors (Lipinski definition) is 1. The summed E-state index contributed by atoms with van der Waals surface area (Å²) in [4.78, 5) is 14.2. The normalized spacial score (nSPS) is 12.0. The molecule has 23 heavy (non-hydrogen) atoms. The van der Waals surface area contributed by atoms with E-state index in [0.29, 0.717) is 17.8 Å². The molecule has 2 aromatic rings. The second-order valence-corrected chi connectivity index (χ2v) is 5.45. The number of benzene rings is 2. The van der Waals surface area contributed by atoms with Crippen molar-refractivity contribution in [3.05, 3.63) is 65.7 Å². The SMILES string of the molecule is CNCC(C)C(=O)N(Cc1ccccc1F)c1ccc(F)cc1. The molecule has 1 unspecified atom stereocenters. The van der Waals surface area contributed by atoms with Crippen LogP contribution in [-0.2, 0) is 11.3 Å². The molecule has 0 aliphatic carbocycles. The van der Waals surface area contributed by atoms with Gasteiger partial charge in [-0.05, 0) is 37.4 Å². The van der Waals surface area contributed by atoms with E-state index in [1.54, 1.807) is 32.2 Å². The lowest BCUT2D eigenvalue weighted by atomic mass is 10.1. The highest BCUT2D eigenvalue weighted by atomic mass is 19.1. The molecule has 0 saturated carbocycles. The molecule has 0 aliphatic rings. The third-order valence-electron chi connectivity index (χ3n) is 3.62. The van der Waals surface area contributed by atoms with E-state index in [1.165, 1.54) is 35.2 Å². The van der Waals surface area contributed by atoms with Crippen molar-refractivity contribution in [2.75, 3.05) is 18.5 Å². The maximum Gasteiger partial charge on any atom is 0.231 e. The van der Waals surface area contributed by atoms with Gasteiger partial charge in [0.15, 0.2) is 0 Å². The summed E-state index contributed by atoms with van der Waals surface area (Å²) in [5, 5.41) is 2.96. The van der Waals surface area contributed by atoms with Gasteiger partial charge in [0.1, 0.15) is 11.6 Å². The average molecular weight is 318 g/mol. The third kappa shape index (κ3) is 4.36. The van der Waals surface area contributed by atoms with E-state index in [4.69, 9.17) is 0 Å². The maximum atomic E-state index is 13.9. The molecule has 0 aliphatic heterocycles. The number of carbonyl (C=O) groups is 1. The fourth-order valence-electron chi connectivity index (χ4n) is 2.37. The van der Waals surface area contributed by atoms with Gasteiger partial charge in [0.25, 0.3) is 0 Å². The van der Waals surface area contributed by atoms with Crippen LogP contribution in [0.15, 0.2) is 48.5 Å². The predicted molar refractivity (Wildman–Crippen MR) is 87.1 cm³/mol. The van der Waals surface area contributed by atoms with Gasteiger partial charge in [0.2, 0.25) is 5.91 Å². The van der Waals surface area contributed by atoms with Gasteiger partial charge < -0.3 is 10.2 Å². The summed E-state index contributed by atoms with van der Waals surface area (Å²) in [6.45, 7) is 2.41. The zero-order chi connectivity index (χ0) is 16.8. The summed E-state index contributed by atoms with van der Waals surface area (Å²) in [6.07, 6.45) is 0. The number of anilines is 1. The van der Waals surface area contributed by atoms with Gasteiger partial charge in [-0.1, -0.05) is 25.1 Å². The first kappa shape index (κ1) is 17.1. The van der Waals surface area contributed by atoms with Crippen molar-refractivity contribution in [1.29, 1.82) is 0 Å². The number of rotatable bonds is 6. The summed E-state index contributed by atoms with van der Waals surface area (Å²) >= 11 is 0. The first-order valence-electron chi connectivity index (χ1n) is 7.48. The molecule has 2 rings (SSSR count). The molecule has 0 aromatic heterocycles. The third-order valence-corrected chi connectivity index (χ3v) is 3.62. The molecular formula is C18H20F2N2O. The summed E-state index contributed by atoms with van der Waals surface area (Å²) < 4.78 is 27.1. The molecule has 122 valence electrons. The van der Waals surface area contributed by atoms with E-state index in [-0.39, 0.29) is 30.0 Å². The van der Waals surface area contributed by atoms with Crippen molar-refractivity contribution in [3.63, 3.8) is 0 Å². The number of nitrogens with zero attached hydrogens (tertiary/aromatic N) is 1. The fourth-order valence-corrected chi connectivity index (χ4v) is 2.37. The van der Waals surface area contributed by atoms with Crippen LogP contribution < -0.4 is 10.2 Å². The second kappa shape index (κ2) is 7.83. The summed E-state index contributed by atoms with van der Waals surface area (Å²) in [6, 6.07) is 12.0. The summed E-state index contributed by atoms with van der Waals surface area (Å²) in [7, 11) is 1.77. The molecule has 1 amide bonds. The van der Waals surface area contributed by atoms with Crippen LogP contribution in [0.4, 0.5) is 14.5 Å². The Kier molecular flexibility index (Phi) is 5.82. The lowest BCUT2D eigenvalue weighted by molar-refractivity contribution is -0.121. The van der Waals surface area contributed by atoms with E-state index in [0.717, 1.165) is 0 Å². The Hall–Kier alpha value is -2.27. The van der Waals surface area contributed by atoms with Crippen molar-refractivity contribution >= 4 is 11.6 Å². The predicted octanol–water partition coefficient (Wildman–Crippen LogP) is 3.35. The maximum absolute atomic E-state index is 13.9. The average Bonchev–Trinajstić information content (AvgIpc) is 2.55. The smallest absolute Gasteiger partial charge is 0.231 e. The Balaban J connectivity index is 2.33. The molecule has 0 spiro atoms. The molecule has 0 radical (unpaired) electrons. The molecule has 0 fully saturated rings. The summed E-state index contributed by atoms with van der Waals surface area (Å²) in [5.41, 5.74) is 0.962. The van der Waals surface area contributed by atoms with E-state index in [2.05, 4.69) is 5.32 Å². The number of nitrogens with one attached hydrogen (secondary N) is 1. The molecule has 5 heteroatoms. The largest absolute Gasteiger partial charge is 0.319 e. The van der Waals surface area contributed by atoms with Gasteiger partial charge in [0, 0.05) is 23.7 Å². The number of carbonyl (C=O) groups excluding carboxylic acids is 1. The van der Waals surface area contributed by atoms with Crippen molar-refractivity contribution in [2.45, 2.75) is 13.5 Å². The number of hydrogen-bond acceptors (Lipinski definition) is 2. The lowest BCUT2D eigenvalue weighted by Crippen LogP contribution is -2.38. The minimum Gasteiger partial charge on any atom is -0.319 e. The van der Waals surface area contributed by atoms with Crippen molar-refractivity contribution in [1.82, 2.24) is 5.32 Å². The van der Waals surface area contributed by atoms with E-state index >= 15 is 0 Å². The fraction of sp³-hybridized carbons (Fsp3) is 0.278. The molecule has 2 aromatic carbocycles. The minimum absolute atomic E-state index is 0.102. The van der Waals surface area contributed by atoms with Crippen LogP contribution in [0.1, 0.15) is 12.5 Å². The van der Waals surface area contributed by atoms with Crippen LogP contribution in [0.2, 0.25) is 0 Å². The van der Waals surface area contributed by atoms with E-state index < -0.39 is 0 Å². The highest BCUT2D eigenvalue weighted by molar-refractivity contribution is 5.94. The topological polar surface area (TPSA) is 32.3 Å². The Labute approximate surface area is 134 Å². The van der Waals surface area contributed by atoms with Crippen LogP contribution in [0.5, 0.6) is 0 Å². The lowest BCUT2D eigenvalue weighted by Gasteiger charge is -2.26. The van der Waals surface area contributed by atoms with Gasteiger partial charge >= 0.3 is 0 Å².